The van der Waals surface area contributed by atoms with Crippen LogP contribution in [0.1, 0.15) is 28.4 Å². The van der Waals surface area contributed by atoms with E-state index in [1.54, 1.807) is 23.1 Å². The van der Waals surface area contributed by atoms with Crippen LogP contribution in [0.15, 0.2) is 66.7 Å². The van der Waals surface area contributed by atoms with Crippen LogP contribution < -0.4 is 5.32 Å². The van der Waals surface area contributed by atoms with Crippen LogP contribution in [0, 0.1) is 17.6 Å². The summed E-state index contributed by atoms with van der Waals surface area (Å²) in [6.45, 7) is 0.415. The van der Waals surface area contributed by atoms with Gasteiger partial charge in [0.25, 0.3) is 5.91 Å². The van der Waals surface area contributed by atoms with Crippen molar-refractivity contribution in [2.45, 2.75) is 18.5 Å². The molecule has 1 amide bonds. The number of carbonyl (C=O) groups excluding carboxylic acids is 1. The Bertz CT molecular complexity index is 1150. The first kappa shape index (κ1) is 19.7. The third-order valence-electron chi connectivity index (χ3n) is 6.39. The van der Waals surface area contributed by atoms with Crippen LogP contribution in [0.25, 0.3) is 11.1 Å². The third kappa shape index (κ3) is 3.37. The minimum Gasteiger partial charge on any atom is -0.394 e. The minimum absolute atomic E-state index is 0.00372. The third-order valence-corrected chi connectivity index (χ3v) is 6.39. The van der Waals surface area contributed by atoms with Crippen molar-refractivity contribution in [3.63, 3.8) is 0 Å². The van der Waals surface area contributed by atoms with Crippen molar-refractivity contribution in [1.82, 2.24) is 4.90 Å². The molecular formula is C25H22F2N2O2. The van der Waals surface area contributed by atoms with E-state index in [4.69, 9.17) is 0 Å². The molecule has 3 aromatic carbocycles. The highest BCUT2D eigenvalue weighted by atomic mass is 19.1. The topological polar surface area (TPSA) is 52.6 Å². The first-order valence-corrected chi connectivity index (χ1v) is 10.4. The predicted molar refractivity (Wildman–Crippen MR) is 115 cm³/mol. The molecule has 3 atom stereocenters. The molecule has 3 aromatic rings. The zero-order valence-corrected chi connectivity index (χ0v) is 16.8. The zero-order chi connectivity index (χ0) is 21.5. The number of hydrogen-bond acceptors (Lipinski definition) is 3. The van der Waals surface area contributed by atoms with Gasteiger partial charge in [0, 0.05) is 18.2 Å². The van der Waals surface area contributed by atoms with E-state index in [9.17, 15) is 18.7 Å². The molecule has 2 N–H and O–H groups in total. The summed E-state index contributed by atoms with van der Waals surface area (Å²) >= 11 is 0. The molecule has 31 heavy (non-hydrogen) atoms. The number of nitrogens with one attached hydrogen (secondary N) is 1. The number of amides is 1. The highest BCUT2D eigenvalue weighted by molar-refractivity contribution is 5.95. The molecule has 6 heteroatoms. The monoisotopic (exact) mass is 420 g/mol. The van der Waals surface area contributed by atoms with Gasteiger partial charge in [-0.2, -0.15) is 0 Å². The van der Waals surface area contributed by atoms with Crippen LogP contribution in [0.3, 0.4) is 0 Å². The van der Waals surface area contributed by atoms with Gasteiger partial charge in [-0.15, -0.1) is 0 Å². The van der Waals surface area contributed by atoms with Gasteiger partial charge in [0.2, 0.25) is 0 Å². The van der Waals surface area contributed by atoms with Crippen molar-refractivity contribution in [1.29, 1.82) is 0 Å². The van der Waals surface area contributed by atoms with Crippen LogP contribution in [0.4, 0.5) is 14.5 Å². The number of rotatable bonds is 3. The molecule has 2 aliphatic heterocycles. The number of aliphatic hydroxyl groups is 1. The van der Waals surface area contributed by atoms with Gasteiger partial charge >= 0.3 is 0 Å². The average molecular weight is 420 g/mol. The van der Waals surface area contributed by atoms with Gasteiger partial charge in [-0.1, -0.05) is 30.3 Å². The second-order valence-electron chi connectivity index (χ2n) is 8.12. The number of benzene rings is 3. The fraction of sp³-hybridized carbons (Fsp3) is 0.240. The van der Waals surface area contributed by atoms with Crippen molar-refractivity contribution in [2.24, 2.45) is 5.92 Å². The quantitative estimate of drug-likeness (QED) is 0.650. The molecule has 1 saturated heterocycles. The normalized spacial score (nSPS) is 21.9. The summed E-state index contributed by atoms with van der Waals surface area (Å²) in [4.78, 5) is 15.0. The standard InChI is InChI=1S/C25H22F2N2O2/c26-17-5-3-4-15(12-17)16-8-9-22-20(13-16)24-19(23(14-30)28-22)10-11-29(24)25(31)18-6-1-2-7-21(18)27/h1-9,12-13,19,23-24,28,30H,10-11,14H2/t19-,23-,24-/m1/s1. The molecule has 2 aliphatic rings. The summed E-state index contributed by atoms with van der Waals surface area (Å²) in [5, 5.41) is 13.3. The highest BCUT2D eigenvalue weighted by Gasteiger charge is 2.46. The first-order chi connectivity index (χ1) is 15.1. The Labute approximate surface area is 179 Å². The zero-order valence-electron chi connectivity index (χ0n) is 16.8. The molecule has 2 heterocycles. The lowest BCUT2D eigenvalue weighted by Crippen LogP contribution is -2.43. The van der Waals surface area contributed by atoms with Crippen LogP contribution in [0.5, 0.6) is 0 Å². The van der Waals surface area contributed by atoms with Crippen molar-refractivity contribution >= 4 is 11.6 Å². The lowest BCUT2D eigenvalue weighted by molar-refractivity contribution is 0.0696. The van der Waals surface area contributed by atoms with E-state index in [0.29, 0.717) is 13.0 Å². The van der Waals surface area contributed by atoms with Crippen molar-refractivity contribution in [2.75, 3.05) is 18.5 Å². The van der Waals surface area contributed by atoms with Gasteiger partial charge in [0.15, 0.2) is 0 Å². The van der Waals surface area contributed by atoms with Gasteiger partial charge in [0.05, 0.1) is 24.3 Å². The van der Waals surface area contributed by atoms with Crippen LogP contribution in [-0.2, 0) is 0 Å². The summed E-state index contributed by atoms with van der Waals surface area (Å²) in [7, 11) is 0. The number of aliphatic hydroxyl groups excluding tert-OH is 1. The second-order valence-corrected chi connectivity index (χ2v) is 8.12. The van der Waals surface area contributed by atoms with E-state index in [1.807, 2.05) is 24.3 Å². The number of halogens is 2. The maximum atomic E-state index is 14.3. The molecule has 0 saturated carbocycles. The molecule has 0 spiro atoms. The maximum absolute atomic E-state index is 14.3. The summed E-state index contributed by atoms with van der Waals surface area (Å²) in [5.41, 5.74) is 3.36. The summed E-state index contributed by atoms with van der Waals surface area (Å²) < 4.78 is 28.1. The molecular weight excluding hydrogens is 398 g/mol. The number of anilines is 1. The van der Waals surface area contributed by atoms with Crippen LogP contribution in [0.2, 0.25) is 0 Å². The van der Waals surface area contributed by atoms with Gasteiger partial charge in [-0.25, -0.2) is 8.78 Å². The van der Waals surface area contributed by atoms with Crippen LogP contribution in [-0.4, -0.2) is 35.1 Å². The van der Waals surface area contributed by atoms with E-state index < -0.39 is 5.82 Å². The number of carbonyl (C=O) groups is 1. The van der Waals surface area contributed by atoms with E-state index in [2.05, 4.69) is 5.32 Å². The number of hydrogen-bond donors (Lipinski definition) is 2. The predicted octanol–water partition coefficient (Wildman–Crippen LogP) is 4.62. The van der Waals surface area contributed by atoms with Crippen molar-refractivity contribution in [3.8, 4) is 11.1 Å². The Balaban J connectivity index is 1.59. The molecule has 158 valence electrons. The first-order valence-electron chi connectivity index (χ1n) is 10.4. The Morgan fingerprint density at radius 3 is 2.61 bits per heavy atom. The maximum Gasteiger partial charge on any atom is 0.257 e. The van der Waals surface area contributed by atoms with Crippen molar-refractivity contribution < 1.29 is 18.7 Å². The Morgan fingerprint density at radius 2 is 1.84 bits per heavy atom. The fourth-order valence-electron chi connectivity index (χ4n) is 4.93. The SMILES string of the molecule is O=C(c1ccccc1F)N1CC[C@@H]2[C@@H](CO)Nc3ccc(-c4cccc(F)c4)cc3[C@@H]21. The lowest BCUT2D eigenvalue weighted by Gasteiger charge is -2.39. The molecule has 5 rings (SSSR count). The van der Waals surface area contributed by atoms with Crippen molar-refractivity contribution in [3.05, 3.63) is 89.5 Å². The van der Waals surface area contributed by atoms with E-state index in [-0.39, 0.29) is 41.9 Å². The Hall–Kier alpha value is -3.25. The molecule has 1 fully saturated rings. The second kappa shape index (κ2) is 7.78. The Kier molecular flexibility index (Phi) is 4.94. The van der Waals surface area contributed by atoms with Crippen LogP contribution >= 0.6 is 0 Å². The lowest BCUT2D eigenvalue weighted by atomic mass is 9.82. The molecule has 0 unspecified atom stereocenters. The molecule has 0 bridgehead atoms. The van der Waals surface area contributed by atoms with E-state index in [1.165, 1.54) is 24.3 Å². The highest BCUT2D eigenvalue weighted by Crippen LogP contribution is 2.47. The molecule has 0 aliphatic carbocycles. The van der Waals surface area contributed by atoms with E-state index in [0.717, 1.165) is 22.4 Å². The minimum atomic E-state index is -0.544. The number of fused-ring (bicyclic) bond motifs is 3. The fourth-order valence-corrected chi connectivity index (χ4v) is 4.93. The summed E-state index contributed by atoms with van der Waals surface area (Å²) in [6, 6.07) is 17.6. The van der Waals surface area contributed by atoms with Gasteiger partial charge < -0.3 is 15.3 Å². The smallest absolute Gasteiger partial charge is 0.257 e. The van der Waals surface area contributed by atoms with Gasteiger partial charge in [0.1, 0.15) is 11.6 Å². The molecule has 4 nitrogen and oxygen atoms in total. The molecule has 0 aromatic heterocycles. The van der Waals surface area contributed by atoms with Gasteiger partial charge in [-0.05, 0) is 59.5 Å². The number of nitrogens with zero attached hydrogens (tertiary/aromatic N) is 1. The van der Waals surface area contributed by atoms with Gasteiger partial charge in [-0.3, -0.25) is 4.79 Å². The molecule has 0 radical (unpaired) electrons. The summed E-state index contributed by atoms with van der Waals surface area (Å²) in [6.07, 6.45) is 0.701. The average Bonchev–Trinajstić information content (AvgIpc) is 3.24. The number of likely N-dealkylation sites (tertiary alicyclic amines) is 1. The Morgan fingerprint density at radius 1 is 1.03 bits per heavy atom. The largest absolute Gasteiger partial charge is 0.394 e. The van der Waals surface area contributed by atoms with E-state index >= 15 is 0 Å². The summed E-state index contributed by atoms with van der Waals surface area (Å²) in [5.74, 6) is -1.22.